The molecule has 0 aliphatic carbocycles. The Morgan fingerprint density at radius 1 is 1.00 bits per heavy atom. The van der Waals surface area contributed by atoms with Crippen LogP contribution in [0.3, 0.4) is 0 Å². The number of nitrogens with zero attached hydrogens (tertiary/aromatic N) is 5. The summed E-state index contributed by atoms with van der Waals surface area (Å²) in [5.74, 6) is -0.606. The zero-order chi connectivity index (χ0) is 42.7. The van der Waals surface area contributed by atoms with Crippen molar-refractivity contribution in [3.8, 4) is 16.9 Å². The topological polar surface area (TPSA) is 133 Å². The molecule has 1 unspecified atom stereocenters. The van der Waals surface area contributed by atoms with Crippen molar-refractivity contribution in [2.45, 2.75) is 86.4 Å². The van der Waals surface area contributed by atoms with Gasteiger partial charge >= 0.3 is 12.1 Å². The molecule has 2 amide bonds. The van der Waals surface area contributed by atoms with Crippen LogP contribution in [0.2, 0.25) is 10.0 Å². The molecule has 1 atom stereocenters. The molecular weight excluding hydrogens is 791 g/mol. The summed E-state index contributed by atoms with van der Waals surface area (Å²) in [6.07, 6.45) is 0.539. The fourth-order valence-corrected chi connectivity index (χ4v) is 8.81. The Hall–Kier alpha value is -5.46. The summed E-state index contributed by atoms with van der Waals surface area (Å²) < 4.78 is 17.3. The normalized spacial score (nSPS) is 14.3. The summed E-state index contributed by atoms with van der Waals surface area (Å²) >= 11 is 13.6. The van der Waals surface area contributed by atoms with Crippen molar-refractivity contribution in [3.05, 3.63) is 98.0 Å². The molecule has 1 aliphatic heterocycles. The average molecular weight is 842 g/mol. The third-order valence-corrected chi connectivity index (χ3v) is 11.9. The molecule has 7 rings (SSSR count). The molecule has 14 heteroatoms. The van der Waals surface area contributed by atoms with E-state index in [-0.39, 0.29) is 30.7 Å². The van der Waals surface area contributed by atoms with E-state index in [1.165, 1.54) is 0 Å². The van der Waals surface area contributed by atoms with E-state index < -0.39 is 17.7 Å². The van der Waals surface area contributed by atoms with Crippen LogP contribution in [-0.2, 0) is 24.8 Å². The Balaban J connectivity index is 1.34. The zero-order valence-corrected chi connectivity index (χ0v) is 36.4. The monoisotopic (exact) mass is 840 g/mol. The first-order valence-corrected chi connectivity index (χ1v) is 20.5. The van der Waals surface area contributed by atoms with Crippen LogP contribution in [0.5, 0.6) is 5.75 Å². The largest absolute Gasteiger partial charge is 0.494 e. The molecule has 0 saturated carbocycles. The van der Waals surface area contributed by atoms with E-state index in [1.54, 1.807) is 36.3 Å². The third kappa shape index (κ3) is 7.76. The van der Waals surface area contributed by atoms with E-state index in [0.29, 0.717) is 53.3 Å². The van der Waals surface area contributed by atoms with Crippen LogP contribution in [0.25, 0.3) is 32.9 Å². The number of nitrogens with one attached hydrogen (secondary N) is 1. The van der Waals surface area contributed by atoms with Gasteiger partial charge in [0.15, 0.2) is 0 Å². The summed E-state index contributed by atoms with van der Waals surface area (Å²) in [6.45, 7) is 16.2. The predicted octanol–water partition coefficient (Wildman–Crippen LogP) is 9.99. The second-order valence-electron chi connectivity index (χ2n) is 16.4. The first kappa shape index (κ1) is 41.7. The number of alkyl carbamates (subject to hydrolysis) is 1. The number of hydrogen-bond donors (Lipinski definition) is 2. The molecule has 2 N–H and O–H groups in total. The second kappa shape index (κ2) is 16.0. The molecule has 4 heterocycles. The van der Waals surface area contributed by atoms with Gasteiger partial charge in [-0.05, 0) is 115 Å². The number of fused-ring (bicyclic) bond motifs is 4. The van der Waals surface area contributed by atoms with Crippen molar-refractivity contribution in [3.63, 3.8) is 0 Å². The smallest absolute Gasteiger partial charge is 0.407 e. The average Bonchev–Trinajstić information content (AvgIpc) is 3.78. The summed E-state index contributed by atoms with van der Waals surface area (Å²) in [6, 6.07) is 14.7. The van der Waals surface area contributed by atoms with Gasteiger partial charge in [-0.25, -0.2) is 9.59 Å². The van der Waals surface area contributed by atoms with Gasteiger partial charge in [-0.3, -0.25) is 9.48 Å². The molecule has 0 bridgehead atoms. The van der Waals surface area contributed by atoms with Gasteiger partial charge in [0.1, 0.15) is 22.7 Å². The van der Waals surface area contributed by atoms with E-state index in [0.717, 1.165) is 60.9 Å². The number of aryl methyl sites for hydroxylation is 5. The second-order valence-corrected chi connectivity index (χ2v) is 17.2. The van der Waals surface area contributed by atoms with E-state index in [9.17, 15) is 14.7 Å². The Morgan fingerprint density at radius 2 is 1.71 bits per heavy atom. The number of halogens is 2. The highest BCUT2D eigenvalue weighted by atomic mass is 35.5. The number of anilines is 1. The predicted molar refractivity (Wildman–Crippen MR) is 233 cm³/mol. The maximum Gasteiger partial charge on any atom is 0.407 e. The van der Waals surface area contributed by atoms with Gasteiger partial charge in [0.25, 0.3) is 5.91 Å². The molecule has 310 valence electrons. The highest BCUT2D eigenvalue weighted by Crippen LogP contribution is 2.46. The molecule has 3 aromatic heterocycles. The first-order chi connectivity index (χ1) is 27.9. The van der Waals surface area contributed by atoms with E-state index in [4.69, 9.17) is 37.8 Å². The molecule has 1 aliphatic rings. The number of hydrogen-bond acceptors (Lipinski definition) is 6. The maximum absolute atomic E-state index is 15.3. The number of para-hydroxylation sites is 1. The standard InChI is InChI=1S/C45H50Cl2N6O6/c1-24-20-30(21-25(2)38(24)47)58-19-11-13-31-32-15-16-33(46)37(36-27(4)49-50(9)28(36)5)40(32)53-26(3)23-52(42(54)41(31)53)34-14-10-12-29-22-35(43(55)56)51(39(29)34)18-17-48-44(57)59-45(6,7)8/h10,12,14-16,20-22,26H,11,13,17-19,23H2,1-9H3,(H,48,57)(H,55,56). The molecular formula is C45H50Cl2N6O6. The van der Waals surface area contributed by atoms with Crippen LogP contribution in [-0.4, -0.2) is 67.3 Å². The number of carbonyl (C=O) groups excluding carboxylic acids is 2. The summed E-state index contributed by atoms with van der Waals surface area (Å²) in [7, 11) is 1.91. The number of benzene rings is 3. The van der Waals surface area contributed by atoms with Crippen molar-refractivity contribution in [1.29, 1.82) is 0 Å². The van der Waals surface area contributed by atoms with Gasteiger partial charge in [0.05, 0.1) is 34.0 Å². The summed E-state index contributed by atoms with van der Waals surface area (Å²) in [5, 5.41) is 20.6. The van der Waals surface area contributed by atoms with E-state index in [1.807, 2.05) is 81.9 Å². The molecule has 0 spiro atoms. The van der Waals surface area contributed by atoms with Crippen molar-refractivity contribution in [1.82, 2.24) is 24.2 Å². The fourth-order valence-electron chi connectivity index (χ4n) is 8.45. The van der Waals surface area contributed by atoms with Gasteiger partial charge in [-0.15, -0.1) is 0 Å². The maximum atomic E-state index is 15.3. The third-order valence-electron chi connectivity index (χ3n) is 11.0. The fraction of sp³-hybridized carbons (Fsp3) is 0.378. The van der Waals surface area contributed by atoms with E-state index in [2.05, 4.69) is 16.8 Å². The number of carboxylic acid groups (broad SMARTS) is 1. The highest BCUT2D eigenvalue weighted by Gasteiger charge is 2.38. The lowest BCUT2D eigenvalue weighted by atomic mass is 9.98. The van der Waals surface area contributed by atoms with Crippen LogP contribution in [0.4, 0.5) is 10.5 Å². The number of carboxylic acids is 1. The Bertz CT molecular complexity index is 2640. The number of ether oxygens (including phenoxy) is 2. The Morgan fingerprint density at radius 3 is 2.36 bits per heavy atom. The lowest BCUT2D eigenvalue weighted by Crippen LogP contribution is -2.43. The molecule has 6 aromatic rings. The van der Waals surface area contributed by atoms with Gasteiger partial charge < -0.3 is 33.9 Å². The highest BCUT2D eigenvalue weighted by molar-refractivity contribution is 6.35. The lowest BCUT2D eigenvalue weighted by molar-refractivity contribution is 0.0526. The Kier molecular flexibility index (Phi) is 11.3. The molecule has 0 radical (unpaired) electrons. The SMILES string of the molecule is Cc1cc(OCCCc2c3n(c4c(-c5c(C)nn(C)c5C)c(Cl)ccc24)C(C)CN(c2cccc4cc(C(=O)O)n(CCNC(=O)OC(C)(C)C)c24)C3=O)cc(C)c1Cl. The van der Waals surface area contributed by atoms with Crippen LogP contribution in [0.15, 0.2) is 48.5 Å². The zero-order valence-electron chi connectivity index (χ0n) is 34.9. The number of carbonyl (C=O) groups is 3. The van der Waals surface area contributed by atoms with Gasteiger partial charge in [0.2, 0.25) is 0 Å². The number of amides is 2. The molecule has 0 saturated heterocycles. The number of aromatic nitrogens is 4. The summed E-state index contributed by atoms with van der Waals surface area (Å²) in [4.78, 5) is 42.2. The molecule has 12 nitrogen and oxygen atoms in total. The Labute approximate surface area is 353 Å². The van der Waals surface area contributed by atoms with E-state index >= 15 is 4.79 Å². The summed E-state index contributed by atoms with van der Waals surface area (Å²) in [5.41, 5.74) is 8.20. The van der Waals surface area contributed by atoms with Crippen LogP contribution < -0.4 is 15.0 Å². The lowest BCUT2D eigenvalue weighted by Gasteiger charge is -2.35. The molecule has 0 fully saturated rings. The van der Waals surface area contributed by atoms with Crippen molar-refractivity contribution in [2.24, 2.45) is 7.05 Å². The first-order valence-electron chi connectivity index (χ1n) is 19.8. The molecule has 59 heavy (non-hydrogen) atoms. The molecule has 3 aromatic carbocycles. The van der Waals surface area contributed by atoms with Crippen LogP contribution in [0, 0.1) is 27.7 Å². The minimum Gasteiger partial charge on any atom is -0.494 e. The van der Waals surface area contributed by atoms with Gasteiger partial charge in [-0.1, -0.05) is 41.4 Å². The van der Waals surface area contributed by atoms with Gasteiger partial charge in [-0.2, -0.15) is 5.10 Å². The number of rotatable bonds is 11. The van der Waals surface area contributed by atoms with Crippen molar-refractivity contribution >= 4 is 68.7 Å². The van der Waals surface area contributed by atoms with Crippen LogP contribution in [0.1, 0.15) is 89.2 Å². The minimum atomic E-state index is -1.12. The minimum absolute atomic E-state index is 0.0401. The number of aromatic carboxylic acids is 1. The van der Waals surface area contributed by atoms with Crippen molar-refractivity contribution < 1.29 is 29.0 Å². The quantitative estimate of drug-likeness (QED) is 0.124. The van der Waals surface area contributed by atoms with Crippen molar-refractivity contribution in [2.75, 3.05) is 24.6 Å². The van der Waals surface area contributed by atoms with Crippen LogP contribution >= 0.6 is 23.2 Å². The van der Waals surface area contributed by atoms with Gasteiger partial charge in [0, 0.05) is 65.3 Å².